The van der Waals surface area contributed by atoms with Crippen molar-refractivity contribution < 1.29 is 0 Å². The van der Waals surface area contributed by atoms with Gasteiger partial charge in [0.1, 0.15) is 0 Å². The van der Waals surface area contributed by atoms with Crippen molar-refractivity contribution in [1.29, 1.82) is 0 Å². The molecule has 128 valence electrons. The molecule has 5 rings (SSSR count). The van der Waals surface area contributed by atoms with Crippen LogP contribution in [0.15, 0.2) is 85.2 Å². The van der Waals surface area contributed by atoms with Crippen LogP contribution in [0.1, 0.15) is 22.3 Å². The zero-order valence-corrected chi connectivity index (χ0v) is 14.9. The minimum absolute atomic E-state index is 0.127. The Morgan fingerprint density at radius 1 is 0.630 bits per heavy atom. The first-order valence-corrected chi connectivity index (χ1v) is 9.18. The Kier molecular flexibility index (Phi) is 3.83. The Bertz CT molecular complexity index is 982. The van der Waals surface area contributed by atoms with Crippen LogP contribution >= 0.6 is 0 Å². The molecule has 1 aliphatic carbocycles. The van der Waals surface area contributed by atoms with E-state index in [1.165, 1.54) is 33.4 Å². The van der Waals surface area contributed by atoms with Crippen LogP contribution in [0.3, 0.4) is 0 Å². The predicted octanol–water partition coefficient (Wildman–Crippen LogP) is 4.83. The Labute approximate surface area is 159 Å². The van der Waals surface area contributed by atoms with Crippen molar-refractivity contribution in [1.82, 2.24) is 9.97 Å². The molecule has 0 bridgehead atoms. The van der Waals surface area contributed by atoms with Gasteiger partial charge in [-0.25, -0.2) is 0 Å². The van der Waals surface area contributed by atoms with Gasteiger partial charge in [-0.15, -0.1) is 0 Å². The lowest BCUT2D eigenvalue weighted by Crippen LogP contribution is -2.31. The number of rotatable bonds is 4. The van der Waals surface area contributed by atoms with Gasteiger partial charge in [-0.3, -0.25) is 9.97 Å². The number of fused-ring (bicyclic) bond motifs is 3. The second-order valence-electron chi connectivity index (χ2n) is 7.11. The van der Waals surface area contributed by atoms with Crippen LogP contribution in [-0.4, -0.2) is 9.97 Å². The Hall–Kier alpha value is -3.26. The molecule has 4 aromatic rings. The van der Waals surface area contributed by atoms with E-state index in [9.17, 15) is 0 Å². The monoisotopic (exact) mass is 346 g/mol. The summed E-state index contributed by atoms with van der Waals surface area (Å²) < 4.78 is 0. The van der Waals surface area contributed by atoms with Gasteiger partial charge in [0.2, 0.25) is 0 Å². The Morgan fingerprint density at radius 3 is 1.56 bits per heavy atom. The standard InChI is InChI=1S/C25H18N2/c1-3-7-23-21(5-1)22-6-2-4-8-24(22)25(23,17-19-9-13-26-14-10-19)18-20-11-15-27-16-12-20/h1-13,15H,17-18H2. The van der Waals surface area contributed by atoms with E-state index in [4.69, 9.17) is 0 Å². The van der Waals surface area contributed by atoms with Crippen molar-refractivity contribution in [2.45, 2.75) is 18.3 Å². The van der Waals surface area contributed by atoms with Gasteiger partial charge >= 0.3 is 0 Å². The zero-order chi connectivity index (χ0) is 18.1. The van der Waals surface area contributed by atoms with Gasteiger partial charge in [0, 0.05) is 17.8 Å². The highest BCUT2D eigenvalue weighted by Crippen LogP contribution is 2.52. The molecule has 2 heterocycles. The molecule has 0 unspecified atom stereocenters. The van der Waals surface area contributed by atoms with Crippen LogP contribution in [0, 0.1) is 12.4 Å². The minimum atomic E-state index is -0.127. The van der Waals surface area contributed by atoms with Gasteiger partial charge in [0.15, 0.2) is 0 Å². The van der Waals surface area contributed by atoms with Gasteiger partial charge in [0.25, 0.3) is 0 Å². The average Bonchev–Trinajstić information content (AvgIpc) is 3.00. The molecule has 2 radical (unpaired) electrons. The maximum absolute atomic E-state index is 4.08. The molecule has 0 amide bonds. The van der Waals surface area contributed by atoms with E-state index in [1.54, 1.807) is 0 Å². The fourth-order valence-electron chi connectivity index (χ4n) is 4.46. The van der Waals surface area contributed by atoms with Gasteiger partial charge in [-0.1, -0.05) is 48.5 Å². The highest BCUT2D eigenvalue weighted by molar-refractivity contribution is 5.81. The summed E-state index contributed by atoms with van der Waals surface area (Å²) in [5.74, 6) is 0. The van der Waals surface area contributed by atoms with Crippen molar-refractivity contribution in [3.8, 4) is 11.1 Å². The summed E-state index contributed by atoms with van der Waals surface area (Å²) in [7, 11) is 0. The third-order valence-electron chi connectivity index (χ3n) is 5.56. The van der Waals surface area contributed by atoms with Crippen LogP contribution in [0.5, 0.6) is 0 Å². The van der Waals surface area contributed by atoms with E-state index in [2.05, 4.69) is 83.0 Å². The maximum atomic E-state index is 4.08. The molecule has 0 N–H and O–H groups in total. The molecule has 1 aliphatic rings. The summed E-state index contributed by atoms with van der Waals surface area (Å²) in [6.45, 7) is 0. The molecule has 0 fully saturated rings. The molecule has 0 aliphatic heterocycles. The van der Waals surface area contributed by atoms with E-state index in [0.29, 0.717) is 0 Å². The molecular weight excluding hydrogens is 328 g/mol. The van der Waals surface area contributed by atoms with Crippen molar-refractivity contribution >= 4 is 0 Å². The van der Waals surface area contributed by atoms with E-state index in [1.807, 2.05) is 24.5 Å². The molecule has 2 nitrogen and oxygen atoms in total. The van der Waals surface area contributed by atoms with Crippen LogP contribution in [0.4, 0.5) is 0 Å². The van der Waals surface area contributed by atoms with E-state index in [0.717, 1.165) is 12.8 Å². The van der Waals surface area contributed by atoms with Crippen LogP contribution in [0.2, 0.25) is 0 Å². The van der Waals surface area contributed by atoms with E-state index < -0.39 is 0 Å². The lowest BCUT2D eigenvalue weighted by atomic mass is 9.70. The third-order valence-corrected chi connectivity index (χ3v) is 5.56. The smallest absolute Gasteiger partial charge is 0.0888 e. The normalized spacial score (nSPS) is 13.8. The summed E-state index contributed by atoms with van der Waals surface area (Å²) >= 11 is 0. The van der Waals surface area contributed by atoms with E-state index in [-0.39, 0.29) is 5.41 Å². The van der Waals surface area contributed by atoms with Gasteiger partial charge in [-0.05, 0) is 70.5 Å². The number of hydrogen-bond acceptors (Lipinski definition) is 2. The quantitative estimate of drug-likeness (QED) is 0.529. The number of nitrogens with zero attached hydrogens (tertiary/aromatic N) is 2. The van der Waals surface area contributed by atoms with Gasteiger partial charge in [0.05, 0.1) is 12.4 Å². The molecule has 2 aromatic carbocycles. The molecule has 0 atom stereocenters. The lowest BCUT2D eigenvalue weighted by molar-refractivity contribution is 0.519. The van der Waals surface area contributed by atoms with Crippen LogP contribution in [-0.2, 0) is 18.3 Å². The summed E-state index contributed by atoms with van der Waals surface area (Å²) in [4.78, 5) is 8.15. The molecule has 0 saturated heterocycles. The fraction of sp³-hybridized carbons (Fsp3) is 0.120. The Morgan fingerprint density at radius 2 is 1.11 bits per heavy atom. The minimum Gasteiger partial charge on any atom is -0.255 e. The van der Waals surface area contributed by atoms with Crippen molar-refractivity contribution in [3.63, 3.8) is 0 Å². The second-order valence-corrected chi connectivity index (χ2v) is 7.11. The molecular formula is C25H18N2. The predicted molar refractivity (Wildman–Crippen MR) is 106 cm³/mol. The van der Waals surface area contributed by atoms with Crippen LogP contribution in [0.25, 0.3) is 11.1 Å². The van der Waals surface area contributed by atoms with Gasteiger partial charge < -0.3 is 0 Å². The highest BCUT2D eigenvalue weighted by Gasteiger charge is 2.42. The molecule has 2 heteroatoms. The van der Waals surface area contributed by atoms with Crippen LogP contribution < -0.4 is 0 Å². The summed E-state index contributed by atoms with van der Waals surface area (Å²) in [6.07, 6.45) is 11.5. The Balaban J connectivity index is 1.75. The number of hydrogen-bond donors (Lipinski definition) is 0. The molecule has 0 spiro atoms. The molecule has 0 saturated carbocycles. The number of benzene rings is 2. The topological polar surface area (TPSA) is 25.8 Å². The van der Waals surface area contributed by atoms with Crippen molar-refractivity contribution in [2.75, 3.05) is 0 Å². The first kappa shape index (κ1) is 16.0. The van der Waals surface area contributed by atoms with Crippen molar-refractivity contribution in [3.05, 3.63) is 120 Å². The highest BCUT2D eigenvalue weighted by atomic mass is 14.6. The lowest BCUT2D eigenvalue weighted by Gasteiger charge is -2.32. The zero-order valence-electron chi connectivity index (χ0n) is 14.9. The second kappa shape index (κ2) is 6.48. The maximum Gasteiger partial charge on any atom is 0.0888 e. The average molecular weight is 346 g/mol. The first-order chi connectivity index (χ1) is 13.4. The molecule has 27 heavy (non-hydrogen) atoms. The summed E-state index contributed by atoms with van der Waals surface area (Å²) in [6, 6.07) is 25.8. The van der Waals surface area contributed by atoms with Gasteiger partial charge in [-0.2, -0.15) is 0 Å². The summed E-state index contributed by atoms with van der Waals surface area (Å²) in [5.41, 5.74) is 7.81. The third kappa shape index (κ3) is 2.65. The number of aromatic nitrogens is 2. The SMILES string of the molecule is [c]1cc(CC2(Cc3c[c]ncc3)c3ccccc3-c3ccccc32)ccn1. The van der Waals surface area contributed by atoms with E-state index >= 15 is 0 Å². The largest absolute Gasteiger partial charge is 0.255 e. The fourth-order valence-corrected chi connectivity index (χ4v) is 4.46. The number of pyridine rings is 2. The first-order valence-electron chi connectivity index (χ1n) is 9.18. The van der Waals surface area contributed by atoms with Crippen molar-refractivity contribution in [2.24, 2.45) is 0 Å². The molecule has 2 aromatic heterocycles. The summed E-state index contributed by atoms with van der Waals surface area (Å²) in [5, 5.41) is 0.